The van der Waals surface area contributed by atoms with Crippen LogP contribution in [0.2, 0.25) is 0 Å². The summed E-state index contributed by atoms with van der Waals surface area (Å²) in [6.07, 6.45) is 4.85. The van der Waals surface area contributed by atoms with E-state index in [2.05, 4.69) is 21.5 Å². The van der Waals surface area contributed by atoms with Gasteiger partial charge in [-0.3, -0.25) is 0 Å². The molecule has 1 unspecified atom stereocenters. The van der Waals surface area contributed by atoms with Gasteiger partial charge >= 0.3 is 5.97 Å². The Kier molecular flexibility index (Phi) is 9.65. The number of aryl methyl sites for hydroxylation is 2. The molecule has 5 aromatic rings. The number of rotatable bonds is 10. The number of aromatic nitrogens is 4. The van der Waals surface area contributed by atoms with Crippen LogP contribution < -0.4 is 14.6 Å². The molecule has 0 saturated carbocycles. The standard InChI is InChI=1S/C36H34F3N6O3S/c1-21-11-25(12-22(2)33(21)48-35(46)31-5-4-10-41-31)16-44-19-42-45(20-44)18-36(47,27-13-29(38)30(39)14-28(27)37)23(3)34-43-32(17-49-34)26-8-6-24(15-40)7-9-26/h6-9,11-14,17,19-20,23,31,41,47H,4-5,10,16,18H2,1-3H3/q+1/t23-,31?,36+/m0/s1. The van der Waals surface area contributed by atoms with E-state index in [1.54, 1.807) is 53.8 Å². The van der Waals surface area contributed by atoms with Crippen LogP contribution >= 0.6 is 11.3 Å². The number of carbonyl (C=O) groups is 1. The monoisotopic (exact) mass is 687 g/mol. The molecule has 6 rings (SSSR count). The molecule has 2 aromatic heterocycles. The maximum atomic E-state index is 15.3. The Morgan fingerprint density at radius 3 is 2.55 bits per heavy atom. The molecule has 3 aromatic carbocycles. The molecule has 0 radical (unpaired) electrons. The predicted octanol–water partition coefficient (Wildman–Crippen LogP) is 5.60. The summed E-state index contributed by atoms with van der Waals surface area (Å²) in [4.78, 5) is 17.3. The van der Waals surface area contributed by atoms with Crippen molar-refractivity contribution in [1.82, 2.24) is 20.1 Å². The van der Waals surface area contributed by atoms with Crippen molar-refractivity contribution in [2.24, 2.45) is 0 Å². The van der Waals surface area contributed by atoms with Gasteiger partial charge in [0.2, 0.25) is 6.33 Å². The molecule has 13 heteroatoms. The van der Waals surface area contributed by atoms with Crippen molar-refractivity contribution < 1.29 is 32.4 Å². The molecular weight excluding hydrogens is 653 g/mol. The molecule has 252 valence electrons. The molecule has 3 heterocycles. The second kappa shape index (κ2) is 13.9. The highest BCUT2D eigenvalue weighted by atomic mass is 32.1. The maximum Gasteiger partial charge on any atom is 0.328 e. The average molecular weight is 688 g/mol. The number of ether oxygens (including phenoxy) is 1. The van der Waals surface area contributed by atoms with E-state index < -0.39 is 34.5 Å². The molecule has 0 spiro atoms. The Hall–Kier alpha value is -4.90. The van der Waals surface area contributed by atoms with Crippen molar-refractivity contribution in [3.63, 3.8) is 0 Å². The summed E-state index contributed by atoms with van der Waals surface area (Å²) in [5.41, 5.74) is 1.80. The van der Waals surface area contributed by atoms with E-state index in [1.165, 1.54) is 16.0 Å². The minimum Gasteiger partial charge on any atom is -0.425 e. The largest absolute Gasteiger partial charge is 0.425 e. The fraction of sp³-hybridized carbons (Fsp3) is 0.306. The van der Waals surface area contributed by atoms with E-state index in [4.69, 9.17) is 10.00 Å². The van der Waals surface area contributed by atoms with Crippen molar-refractivity contribution in [3.8, 4) is 23.1 Å². The predicted molar refractivity (Wildman–Crippen MR) is 175 cm³/mol. The van der Waals surface area contributed by atoms with E-state index in [0.717, 1.165) is 41.6 Å². The van der Waals surface area contributed by atoms with Crippen LogP contribution in [-0.2, 0) is 23.5 Å². The first-order valence-corrected chi connectivity index (χ1v) is 16.6. The lowest BCUT2D eigenvalue weighted by atomic mass is 9.82. The number of hydrogen-bond donors (Lipinski definition) is 2. The van der Waals surface area contributed by atoms with E-state index in [1.807, 2.05) is 26.0 Å². The number of nitriles is 1. The van der Waals surface area contributed by atoms with Gasteiger partial charge in [0.05, 0.1) is 28.9 Å². The van der Waals surface area contributed by atoms with Gasteiger partial charge < -0.3 is 15.2 Å². The second-order valence-corrected chi connectivity index (χ2v) is 13.3. The minimum atomic E-state index is -2.10. The molecule has 0 aliphatic carbocycles. The third kappa shape index (κ3) is 7.12. The quantitative estimate of drug-likeness (QED) is 0.0851. The lowest BCUT2D eigenvalue weighted by Crippen LogP contribution is -2.39. The number of hydrogen-bond acceptors (Lipinski definition) is 8. The minimum absolute atomic E-state index is 0.297. The van der Waals surface area contributed by atoms with Crippen molar-refractivity contribution in [2.45, 2.75) is 64.3 Å². The van der Waals surface area contributed by atoms with Crippen molar-refractivity contribution in [1.29, 1.82) is 5.26 Å². The Labute approximate surface area is 285 Å². The zero-order chi connectivity index (χ0) is 34.9. The van der Waals surface area contributed by atoms with Crippen LogP contribution in [0.15, 0.2) is 66.6 Å². The third-order valence-corrected chi connectivity index (χ3v) is 9.89. The van der Waals surface area contributed by atoms with Crippen LogP contribution in [0.4, 0.5) is 13.2 Å². The number of nitrogens with zero attached hydrogens (tertiary/aromatic N) is 5. The molecule has 0 amide bonds. The van der Waals surface area contributed by atoms with Gasteiger partial charge in [-0.15, -0.1) is 16.0 Å². The number of halogens is 3. The van der Waals surface area contributed by atoms with Gasteiger partial charge in [0.25, 0.3) is 6.33 Å². The van der Waals surface area contributed by atoms with E-state index in [0.29, 0.717) is 40.7 Å². The first-order valence-electron chi connectivity index (χ1n) is 15.7. The first kappa shape index (κ1) is 34.0. The summed E-state index contributed by atoms with van der Waals surface area (Å²) in [5, 5.41) is 31.1. The van der Waals surface area contributed by atoms with Crippen molar-refractivity contribution in [3.05, 3.63) is 117 Å². The van der Waals surface area contributed by atoms with Gasteiger partial charge in [0, 0.05) is 33.6 Å². The van der Waals surface area contributed by atoms with Crippen molar-refractivity contribution in [2.75, 3.05) is 6.54 Å². The van der Waals surface area contributed by atoms with E-state index in [9.17, 15) is 18.7 Å². The van der Waals surface area contributed by atoms with Crippen LogP contribution in [0.1, 0.15) is 58.5 Å². The summed E-state index contributed by atoms with van der Waals surface area (Å²) in [6, 6.07) is 13.5. The molecule has 1 fully saturated rings. The average Bonchev–Trinajstić information content (AvgIpc) is 3.87. The van der Waals surface area contributed by atoms with Gasteiger partial charge in [-0.1, -0.05) is 19.1 Å². The topological polar surface area (TPSA) is 117 Å². The lowest BCUT2D eigenvalue weighted by molar-refractivity contribution is -0.689. The summed E-state index contributed by atoms with van der Waals surface area (Å²) in [5.74, 6) is -4.43. The fourth-order valence-corrected chi connectivity index (χ4v) is 7.15. The molecule has 0 bridgehead atoms. The van der Waals surface area contributed by atoms with Gasteiger partial charge in [-0.2, -0.15) is 5.26 Å². The third-order valence-electron chi connectivity index (χ3n) is 8.86. The van der Waals surface area contributed by atoms with Crippen LogP contribution in [-0.4, -0.2) is 38.4 Å². The van der Waals surface area contributed by atoms with Gasteiger partial charge in [-0.05, 0) is 80.3 Å². The van der Waals surface area contributed by atoms with Crippen LogP contribution in [0.3, 0.4) is 0 Å². The SMILES string of the molecule is Cc1cc(C[n+]2cnn(C[C@](O)(c3cc(F)c(F)cc3F)[C@@H](C)c3nc(-c4ccc(C#N)cc4)cs3)c2)cc(C)c1OC(=O)C1CCCN1. The second-order valence-electron chi connectivity index (χ2n) is 12.4. The summed E-state index contributed by atoms with van der Waals surface area (Å²) >= 11 is 1.23. The van der Waals surface area contributed by atoms with Gasteiger partial charge in [-0.25, -0.2) is 27.5 Å². The number of esters is 1. The Bertz CT molecular complexity index is 2030. The maximum absolute atomic E-state index is 15.3. The Balaban J connectivity index is 1.26. The summed E-state index contributed by atoms with van der Waals surface area (Å²) in [7, 11) is 0. The highest BCUT2D eigenvalue weighted by molar-refractivity contribution is 7.10. The number of nitrogens with one attached hydrogen (secondary N) is 1. The molecule has 1 aliphatic heterocycles. The van der Waals surface area contributed by atoms with Crippen LogP contribution in [0.25, 0.3) is 11.3 Å². The first-order chi connectivity index (χ1) is 23.4. The molecule has 1 aliphatic rings. The molecule has 2 N–H and O–H groups in total. The van der Waals surface area contributed by atoms with Crippen molar-refractivity contribution >= 4 is 17.3 Å². The summed E-state index contributed by atoms with van der Waals surface area (Å²) in [6.45, 7) is 6.25. The number of carbonyl (C=O) groups excluding carboxylic acids is 1. The Morgan fingerprint density at radius 1 is 1.16 bits per heavy atom. The zero-order valence-electron chi connectivity index (χ0n) is 27.1. The smallest absolute Gasteiger partial charge is 0.328 e. The fourth-order valence-electron chi connectivity index (χ4n) is 6.18. The van der Waals surface area contributed by atoms with E-state index >= 15 is 4.39 Å². The molecule has 49 heavy (non-hydrogen) atoms. The highest BCUT2D eigenvalue weighted by Gasteiger charge is 2.44. The van der Waals surface area contributed by atoms with E-state index in [-0.39, 0.29) is 18.6 Å². The zero-order valence-corrected chi connectivity index (χ0v) is 27.9. The number of benzene rings is 3. The molecule has 1 saturated heterocycles. The normalized spacial score (nSPS) is 16.2. The highest BCUT2D eigenvalue weighted by Crippen LogP contribution is 2.42. The molecule has 9 nitrogen and oxygen atoms in total. The van der Waals surface area contributed by atoms with Gasteiger partial charge in [0.15, 0.2) is 11.6 Å². The van der Waals surface area contributed by atoms with Gasteiger partial charge in [0.1, 0.15) is 29.8 Å². The molecular formula is C36H34F3N6O3S+. The van der Waals surface area contributed by atoms with Crippen LogP contribution in [0.5, 0.6) is 5.75 Å². The Morgan fingerprint density at radius 2 is 1.88 bits per heavy atom. The summed E-state index contributed by atoms with van der Waals surface area (Å²) < 4.78 is 52.8. The lowest BCUT2D eigenvalue weighted by Gasteiger charge is -2.32. The number of thiazole rings is 1. The number of aliphatic hydroxyl groups is 1. The van der Waals surface area contributed by atoms with Crippen LogP contribution in [0, 0.1) is 42.6 Å². The molecule has 3 atom stereocenters.